The third kappa shape index (κ3) is 14.7. The topological polar surface area (TPSA) is 130 Å². The maximum absolute atomic E-state index is 12.5. The molecule has 0 radical (unpaired) electrons. The van der Waals surface area contributed by atoms with Crippen LogP contribution in [0.2, 0.25) is 0 Å². The minimum atomic E-state index is -1.09. The van der Waals surface area contributed by atoms with Gasteiger partial charge in [0.15, 0.2) is 0 Å². The normalized spacial score (nSPS) is 11.8. The Labute approximate surface area is 383 Å². The zero-order chi connectivity index (χ0) is 44.9. The average Bonchev–Trinajstić information content (AvgIpc) is 3.30. The fourth-order valence-corrected chi connectivity index (χ4v) is 9.42. The van der Waals surface area contributed by atoms with Crippen LogP contribution in [0.15, 0.2) is 146 Å². The average molecular weight is 903 g/mol. The number of hydrogen-bond donors (Lipinski definition) is 2. The van der Waals surface area contributed by atoms with Gasteiger partial charge in [-0.2, -0.15) is 0 Å². The number of carboxylic acid groups (broad SMARTS) is 2. The zero-order valence-electron chi connectivity index (χ0n) is 36.1. The quantitative estimate of drug-likeness (QED) is 0.0377. The Morgan fingerprint density at radius 3 is 1.23 bits per heavy atom. The van der Waals surface area contributed by atoms with Crippen LogP contribution in [-0.4, -0.2) is 48.6 Å². The summed E-state index contributed by atoms with van der Waals surface area (Å²) in [6.45, 7) is 5.81. The molecule has 0 heterocycles. The van der Waals surface area contributed by atoms with Crippen LogP contribution in [0, 0.1) is 0 Å². The van der Waals surface area contributed by atoms with E-state index in [1.807, 2.05) is 97.1 Å². The van der Waals surface area contributed by atoms with Crippen molar-refractivity contribution in [3.05, 3.63) is 168 Å². The van der Waals surface area contributed by atoms with E-state index >= 15 is 0 Å². The van der Waals surface area contributed by atoms with E-state index in [1.54, 1.807) is 48.5 Å². The van der Waals surface area contributed by atoms with Gasteiger partial charge in [0.2, 0.25) is 0 Å². The molecule has 0 saturated carbocycles. The monoisotopic (exact) mass is 902 g/mol. The first-order valence-electron chi connectivity index (χ1n) is 21.5. The lowest BCUT2D eigenvalue weighted by Crippen LogP contribution is -2.11. The third-order valence-electron chi connectivity index (χ3n) is 9.71. The van der Waals surface area contributed by atoms with E-state index in [9.17, 15) is 19.8 Å². The van der Waals surface area contributed by atoms with Crippen LogP contribution in [-0.2, 0) is 22.4 Å². The number of aliphatic carboxylic acids is 2. The van der Waals surface area contributed by atoms with E-state index in [1.165, 1.54) is 0 Å². The molecule has 6 aromatic carbocycles. The summed E-state index contributed by atoms with van der Waals surface area (Å²) in [4.78, 5) is 25.0. The van der Waals surface area contributed by atoms with E-state index in [0.717, 1.165) is 92.9 Å². The maximum Gasteiger partial charge on any atom is 0.322 e. The Hall–Kier alpha value is -6.24. The molecule has 6 rings (SSSR count). The molecule has 0 amide bonds. The highest BCUT2D eigenvalue weighted by atomic mass is 33.1. The van der Waals surface area contributed by atoms with Crippen molar-refractivity contribution in [2.75, 3.05) is 26.4 Å². The smallest absolute Gasteiger partial charge is 0.322 e. The van der Waals surface area contributed by atoms with E-state index in [0.29, 0.717) is 61.9 Å². The highest BCUT2D eigenvalue weighted by Crippen LogP contribution is 2.47. The van der Waals surface area contributed by atoms with Gasteiger partial charge in [-0.1, -0.05) is 109 Å². The lowest BCUT2D eigenvalue weighted by atomic mass is 10.1. The number of para-hydroxylation sites is 2. The standard InChI is InChI=1S/C52H54O10S2/c1-3-15-37-33-45(61-41-19-7-5-8-20-41)25-27-47(37)59-31-13-29-57-43-23-11-17-39(35-43)49(51(53)54)63-64-50(52(55)56)40-18-12-24-44(36-40)58-30-14-32-60-48-28-26-46(34-38(48)16-4-2)62-42-21-9-6-10-22-42/h5-12,17-28,33-36,49-50H,3-4,13-16,29-32H2,1-2H3,(H,53,54)(H,55,56). The molecule has 0 saturated heterocycles. The first-order chi connectivity index (χ1) is 31.3. The predicted octanol–water partition coefficient (Wildman–Crippen LogP) is 13.2. The molecule has 64 heavy (non-hydrogen) atoms. The Kier molecular flexibility index (Phi) is 18.6. The molecule has 0 spiro atoms. The lowest BCUT2D eigenvalue weighted by Gasteiger charge is -2.18. The number of benzene rings is 6. The van der Waals surface area contributed by atoms with Crippen LogP contribution < -0.4 is 28.4 Å². The van der Waals surface area contributed by atoms with Gasteiger partial charge < -0.3 is 38.6 Å². The van der Waals surface area contributed by atoms with Crippen molar-refractivity contribution in [2.24, 2.45) is 0 Å². The molecule has 334 valence electrons. The number of hydrogen-bond acceptors (Lipinski definition) is 10. The molecule has 2 atom stereocenters. The van der Waals surface area contributed by atoms with Gasteiger partial charge in [0.05, 0.1) is 26.4 Å². The summed E-state index contributed by atoms with van der Waals surface area (Å²) in [5.41, 5.74) is 3.11. The van der Waals surface area contributed by atoms with E-state index in [2.05, 4.69) is 13.8 Å². The molecular weight excluding hydrogens is 849 g/mol. The van der Waals surface area contributed by atoms with Crippen LogP contribution in [0.1, 0.15) is 72.3 Å². The van der Waals surface area contributed by atoms with Crippen molar-refractivity contribution < 1.29 is 48.2 Å². The summed E-state index contributed by atoms with van der Waals surface area (Å²) >= 11 is 0. The largest absolute Gasteiger partial charge is 0.493 e. The highest BCUT2D eigenvalue weighted by molar-refractivity contribution is 8.77. The molecule has 12 heteroatoms. The van der Waals surface area contributed by atoms with E-state index < -0.39 is 22.4 Å². The van der Waals surface area contributed by atoms with Gasteiger partial charge in [-0.3, -0.25) is 9.59 Å². The predicted molar refractivity (Wildman–Crippen MR) is 254 cm³/mol. The van der Waals surface area contributed by atoms with Crippen molar-refractivity contribution in [2.45, 2.75) is 62.9 Å². The molecule has 6 aromatic rings. The molecule has 2 unspecified atom stereocenters. The maximum atomic E-state index is 12.5. The molecule has 0 aliphatic rings. The molecule has 10 nitrogen and oxygen atoms in total. The molecule has 0 bridgehead atoms. The summed E-state index contributed by atoms with van der Waals surface area (Å²) in [6, 6.07) is 44.8. The summed E-state index contributed by atoms with van der Waals surface area (Å²) in [7, 11) is 1.96. The fraction of sp³-hybridized carbons (Fsp3) is 0.269. The molecular formula is C52H54O10S2. The van der Waals surface area contributed by atoms with Gasteiger partial charge >= 0.3 is 11.9 Å². The van der Waals surface area contributed by atoms with Gasteiger partial charge in [0, 0.05) is 12.8 Å². The van der Waals surface area contributed by atoms with Crippen molar-refractivity contribution in [1.82, 2.24) is 0 Å². The zero-order valence-corrected chi connectivity index (χ0v) is 37.7. The fourth-order valence-electron chi connectivity index (χ4n) is 6.69. The number of rotatable bonds is 27. The highest BCUT2D eigenvalue weighted by Gasteiger charge is 2.28. The summed E-state index contributed by atoms with van der Waals surface area (Å²) < 4.78 is 36.3. The van der Waals surface area contributed by atoms with Gasteiger partial charge in [-0.25, -0.2) is 0 Å². The Morgan fingerprint density at radius 2 is 0.844 bits per heavy atom. The number of carboxylic acids is 2. The lowest BCUT2D eigenvalue weighted by molar-refractivity contribution is -0.137. The summed E-state index contributed by atoms with van der Waals surface area (Å²) in [6.07, 6.45) is 4.81. The second-order valence-corrected chi connectivity index (χ2v) is 17.2. The number of aryl methyl sites for hydroxylation is 2. The van der Waals surface area contributed by atoms with E-state index in [4.69, 9.17) is 28.4 Å². The summed E-state index contributed by atoms with van der Waals surface area (Å²) in [5.74, 6) is 3.51. The molecule has 0 aliphatic heterocycles. The van der Waals surface area contributed by atoms with Crippen LogP contribution >= 0.6 is 21.6 Å². The summed E-state index contributed by atoms with van der Waals surface area (Å²) in [5, 5.41) is 18.4. The van der Waals surface area contributed by atoms with Crippen LogP contribution in [0.3, 0.4) is 0 Å². The Bertz CT molecular complexity index is 2210. The van der Waals surface area contributed by atoms with Crippen molar-refractivity contribution >= 4 is 33.5 Å². The van der Waals surface area contributed by atoms with Crippen LogP contribution in [0.5, 0.6) is 46.0 Å². The second kappa shape index (κ2) is 25.2. The third-order valence-corrected chi connectivity index (χ3v) is 12.6. The van der Waals surface area contributed by atoms with Crippen molar-refractivity contribution in [1.29, 1.82) is 0 Å². The number of ether oxygens (including phenoxy) is 6. The Morgan fingerprint density at radius 1 is 0.453 bits per heavy atom. The minimum absolute atomic E-state index is 0.354. The van der Waals surface area contributed by atoms with Gasteiger partial charge in [0.25, 0.3) is 0 Å². The van der Waals surface area contributed by atoms with Gasteiger partial charge in [0.1, 0.15) is 56.5 Å². The van der Waals surface area contributed by atoms with Crippen molar-refractivity contribution in [3.63, 3.8) is 0 Å². The van der Waals surface area contributed by atoms with Gasteiger partial charge in [-0.15, -0.1) is 0 Å². The molecule has 2 N–H and O–H groups in total. The number of carbonyl (C=O) groups is 2. The SMILES string of the molecule is CCCc1cc(Oc2ccccc2)ccc1OCCCOc1cccc(C(SSC(C(=O)O)c2cccc(OCCCOc3ccc(Oc4ccccc4)cc3CCC)c2)C(=O)O)c1. The first kappa shape index (κ1) is 47.2. The molecule has 0 aliphatic carbocycles. The van der Waals surface area contributed by atoms with Crippen molar-refractivity contribution in [3.8, 4) is 46.0 Å². The van der Waals surface area contributed by atoms with Crippen LogP contribution in [0.25, 0.3) is 0 Å². The Balaban J connectivity index is 0.963. The molecule has 0 fully saturated rings. The molecule has 0 aromatic heterocycles. The first-order valence-corrected chi connectivity index (χ1v) is 23.8. The van der Waals surface area contributed by atoms with E-state index in [-0.39, 0.29) is 0 Å². The van der Waals surface area contributed by atoms with Gasteiger partial charge in [-0.05, 0) is 120 Å². The second-order valence-electron chi connectivity index (χ2n) is 14.7. The minimum Gasteiger partial charge on any atom is -0.493 e. The van der Waals surface area contributed by atoms with Crippen LogP contribution in [0.4, 0.5) is 0 Å².